The number of benzene rings is 1. The second kappa shape index (κ2) is 5.61. The van der Waals surface area contributed by atoms with Crippen molar-refractivity contribution in [3.63, 3.8) is 0 Å². The molecular formula is C12H15FO3. The largest absolute Gasteiger partial charge is 0.457 e. The molecule has 0 bridgehead atoms. The summed E-state index contributed by atoms with van der Waals surface area (Å²) in [6.45, 7) is 3.58. The first-order valence-corrected chi connectivity index (χ1v) is 5.01. The van der Waals surface area contributed by atoms with Crippen LogP contribution in [0.15, 0.2) is 18.2 Å². The van der Waals surface area contributed by atoms with E-state index in [4.69, 9.17) is 9.47 Å². The molecule has 0 spiro atoms. The molecule has 88 valence electrons. The summed E-state index contributed by atoms with van der Waals surface area (Å²) in [5, 5.41) is 0. The molecule has 0 heterocycles. The highest BCUT2D eigenvalue weighted by atomic mass is 19.1. The molecule has 1 atom stereocenters. The van der Waals surface area contributed by atoms with Crippen LogP contribution < -0.4 is 0 Å². The number of esters is 1. The molecule has 0 amide bonds. The summed E-state index contributed by atoms with van der Waals surface area (Å²) in [4.78, 5) is 11.6. The van der Waals surface area contributed by atoms with Gasteiger partial charge in [-0.15, -0.1) is 0 Å². The van der Waals surface area contributed by atoms with Crippen LogP contribution in [-0.2, 0) is 9.47 Å². The summed E-state index contributed by atoms with van der Waals surface area (Å²) in [6.07, 6.45) is -0.391. The average molecular weight is 226 g/mol. The lowest BCUT2D eigenvalue weighted by molar-refractivity contribution is 0.0116. The fourth-order valence-electron chi connectivity index (χ4n) is 1.32. The summed E-state index contributed by atoms with van der Waals surface area (Å²) < 4.78 is 23.4. The molecule has 1 rings (SSSR count). The van der Waals surface area contributed by atoms with Crippen LogP contribution in [0.4, 0.5) is 4.39 Å². The highest BCUT2D eigenvalue weighted by molar-refractivity contribution is 5.90. The lowest BCUT2D eigenvalue weighted by Gasteiger charge is -2.12. The van der Waals surface area contributed by atoms with Gasteiger partial charge in [0.15, 0.2) is 0 Å². The van der Waals surface area contributed by atoms with Crippen molar-refractivity contribution in [2.75, 3.05) is 13.7 Å². The maximum absolute atomic E-state index is 13.6. The Bertz CT molecular complexity index is 377. The van der Waals surface area contributed by atoms with E-state index in [1.54, 1.807) is 26.0 Å². The normalized spacial score (nSPS) is 12.2. The summed E-state index contributed by atoms with van der Waals surface area (Å²) in [5.74, 6) is -1.19. The van der Waals surface area contributed by atoms with Gasteiger partial charge in [0.2, 0.25) is 0 Å². The maximum Gasteiger partial charge on any atom is 0.341 e. The molecule has 0 aliphatic heterocycles. The van der Waals surface area contributed by atoms with Crippen LogP contribution in [0.1, 0.15) is 22.8 Å². The lowest BCUT2D eigenvalue weighted by atomic mass is 10.1. The zero-order chi connectivity index (χ0) is 12.1. The molecule has 16 heavy (non-hydrogen) atoms. The average Bonchev–Trinajstić information content (AvgIpc) is 2.22. The number of carbonyl (C=O) groups excluding carboxylic acids is 1. The van der Waals surface area contributed by atoms with Crippen LogP contribution in [0.25, 0.3) is 0 Å². The molecule has 0 aliphatic carbocycles. The minimum atomic E-state index is -0.661. The molecule has 4 heteroatoms. The number of methoxy groups -OCH3 is 1. The Morgan fingerprint density at radius 2 is 2.19 bits per heavy atom. The van der Waals surface area contributed by atoms with Crippen molar-refractivity contribution in [1.29, 1.82) is 0 Å². The van der Waals surface area contributed by atoms with Crippen molar-refractivity contribution in [2.24, 2.45) is 0 Å². The maximum atomic E-state index is 13.6. The summed E-state index contributed by atoms with van der Waals surface area (Å²) in [6, 6.07) is 4.63. The lowest BCUT2D eigenvalue weighted by Crippen LogP contribution is -2.20. The van der Waals surface area contributed by atoms with E-state index >= 15 is 0 Å². The van der Waals surface area contributed by atoms with Gasteiger partial charge in [-0.2, -0.15) is 0 Å². The molecule has 0 fully saturated rings. The van der Waals surface area contributed by atoms with E-state index in [1.165, 1.54) is 13.2 Å². The smallest absolute Gasteiger partial charge is 0.341 e. The molecule has 0 aliphatic rings. The number of carbonyl (C=O) groups is 1. The van der Waals surface area contributed by atoms with Crippen LogP contribution in [0.5, 0.6) is 0 Å². The van der Waals surface area contributed by atoms with Crippen molar-refractivity contribution < 1.29 is 18.7 Å². The van der Waals surface area contributed by atoms with Gasteiger partial charge in [-0.25, -0.2) is 9.18 Å². The summed E-state index contributed by atoms with van der Waals surface area (Å²) in [5.41, 5.74) is 0.386. The van der Waals surface area contributed by atoms with E-state index in [9.17, 15) is 9.18 Å². The van der Waals surface area contributed by atoms with E-state index < -0.39 is 17.9 Å². The first-order chi connectivity index (χ1) is 7.56. The fourth-order valence-corrected chi connectivity index (χ4v) is 1.32. The number of aryl methyl sites for hydroxylation is 1. The Labute approximate surface area is 94.2 Å². The fraction of sp³-hybridized carbons (Fsp3) is 0.417. The van der Waals surface area contributed by atoms with Gasteiger partial charge in [-0.1, -0.05) is 12.1 Å². The zero-order valence-electron chi connectivity index (χ0n) is 9.62. The van der Waals surface area contributed by atoms with Crippen molar-refractivity contribution in [3.8, 4) is 0 Å². The standard InChI is InChI=1S/C12H15FO3/c1-8-5-4-6-10(11(8)13)12(14)16-9(2)7-15-3/h4-6,9H,7H2,1-3H3. The molecule has 0 saturated carbocycles. The second-order valence-electron chi connectivity index (χ2n) is 3.61. The van der Waals surface area contributed by atoms with Crippen molar-refractivity contribution in [3.05, 3.63) is 35.1 Å². The van der Waals surface area contributed by atoms with E-state index in [0.717, 1.165) is 0 Å². The van der Waals surface area contributed by atoms with E-state index in [1.807, 2.05) is 0 Å². The molecule has 3 nitrogen and oxygen atoms in total. The molecule has 0 N–H and O–H groups in total. The highest BCUT2D eigenvalue weighted by Crippen LogP contribution is 2.13. The third kappa shape index (κ3) is 3.03. The first kappa shape index (κ1) is 12.6. The van der Waals surface area contributed by atoms with Gasteiger partial charge in [0.25, 0.3) is 0 Å². The Morgan fingerprint density at radius 3 is 2.81 bits per heavy atom. The number of ether oxygens (including phenoxy) is 2. The van der Waals surface area contributed by atoms with Gasteiger partial charge < -0.3 is 9.47 Å². The number of hydrogen-bond donors (Lipinski definition) is 0. The van der Waals surface area contributed by atoms with Crippen LogP contribution in [-0.4, -0.2) is 25.8 Å². The van der Waals surface area contributed by atoms with E-state index in [0.29, 0.717) is 12.2 Å². The van der Waals surface area contributed by atoms with Crippen LogP contribution in [0, 0.1) is 12.7 Å². The topological polar surface area (TPSA) is 35.5 Å². The van der Waals surface area contributed by atoms with Gasteiger partial charge in [0.1, 0.15) is 11.9 Å². The summed E-state index contributed by atoms with van der Waals surface area (Å²) >= 11 is 0. The first-order valence-electron chi connectivity index (χ1n) is 5.01. The molecule has 0 radical (unpaired) electrons. The Morgan fingerprint density at radius 1 is 1.50 bits per heavy atom. The van der Waals surface area contributed by atoms with Crippen molar-refractivity contribution in [2.45, 2.75) is 20.0 Å². The molecular weight excluding hydrogens is 211 g/mol. The molecule has 1 unspecified atom stereocenters. The second-order valence-corrected chi connectivity index (χ2v) is 3.61. The van der Waals surface area contributed by atoms with Crippen LogP contribution in [0.2, 0.25) is 0 Å². The monoisotopic (exact) mass is 226 g/mol. The number of rotatable bonds is 4. The minimum absolute atomic E-state index is 0.0389. The number of hydrogen-bond acceptors (Lipinski definition) is 3. The van der Waals surface area contributed by atoms with Crippen LogP contribution in [0.3, 0.4) is 0 Å². The quantitative estimate of drug-likeness (QED) is 0.739. The van der Waals surface area contributed by atoms with Crippen molar-refractivity contribution >= 4 is 5.97 Å². The third-order valence-corrected chi connectivity index (χ3v) is 2.12. The van der Waals surface area contributed by atoms with E-state index in [-0.39, 0.29) is 5.56 Å². The highest BCUT2D eigenvalue weighted by Gasteiger charge is 2.16. The van der Waals surface area contributed by atoms with Gasteiger partial charge >= 0.3 is 5.97 Å². The Kier molecular flexibility index (Phi) is 4.43. The van der Waals surface area contributed by atoms with Gasteiger partial charge in [-0.05, 0) is 25.5 Å². The zero-order valence-corrected chi connectivity index (χ0v) is 9.62. The minimum Gasteiger partial charge on any atom is -0.457 e. The number of halogens is 1. The van der Waals surface area contributed by atoms with Gasteiger partial charge in [0.05, 0.1) is 12.2 Å². The van der Waals surface area contributed by atoms with E-state index in [2.05, 4.69) is 0 Å². The molecule has 1 aromatic carbocycles. The van der Waals surface area contributed by atoms with Gasteiger partial charge in [-0.3, -0.25) is 0 Å². The summed E-state index contributed by atoms with van der Waals surface area (Å²) in [7, 11) is 1.51. The van der Waals surface area contributed by atoms with Crippen LogP contribution >= 0.6 is 0 Å². The molecule has 0 saturated heterocycles. The molecule has 1 aromatic rings. The predicted octanol–water partition coefficient (Wildman–Crippen LogP) is 2.33. The third-order valence-electron chi connectivity index (χ3n) is 2.12. The van der Waals surface area contributed by atoms with Crippen molar-refractivity contribution in [1.82, 2.24) is 0 Å². The predicted molar refractivity (Wildman–Crippen MR) is 57.9 cm³/mol. The Hall–Kier alpha value is -1.42. The van der Waals surface area contributed by atoms with Gasteiger partial charge in [0, 0.05) is 7.11 Å². The Balaban J connectivity index is 2.77. The SMILES string of the molecule is COCC(C)OC(=O)c1cccc(C)c1F. The molecule has 0 aromatic heterocycles.